The molecule has 0 saturated heterocycles. The van der Waals surface area contributed by atoms with Gasteiger partial charge in [-0.2, -0.15) is 0 Å². The van der Waals surface area contributed by atoms with Gasteiger partial charge in [0.05, 0.1) is 16.1 Å². The van der Waals surface area contributed by atoms with Gasteiger partial charge in [0.15, 0.2) is 0 Å². The molecule has 0 aliphatic heterocycles. The topological polar surface area (TPSA) is 43.8 Å². The molecule has 1 aromatic heterocycles. The largest absolute Gasteiger partial charge is 0.330 e. The van der Waals surface area contributed by atoms with Gasteiger partial charge in [-0.1, -0.05) is 37.4 Å². The second kappa shape index (κ2) is 6.37. The van der Waals surface area contributed by atoms with E-state index in [1.54, 1.807) is 0 Å². The van der Waals surface area contributed by atoms with Crippen LogP contribution < -0.4 is 5.73 Å². The smallest absolute Gasteiger partial charge is 0.113 e. The highest BCUT2D eigenvalue weighted by Gasteiger charge is 2.30. The Morgan fingerprint density at radius 3 is 2.90 bits per heavy atom. The maximum atomic E-state index is 6.43. The quantitative estimate of drug-likeness (QED) is 0.913. The van der Waals surface area contributed by atoms with Crippen molar-refractivity contribution in [1.82, 2.24) is 9.55 Å². The molecule has 0 amide bonds. The zero-order chi connectivity index (χ0) is 14.8. The first kappa shape index (κ1) is 14.9. The van der Waals surface area contributed by atoms with Crippen LogP contribution in [0.2, 0.25) is 5.02 Å². The highest BCUT2D eigenvalue weighted by Crippen LogP contribution is 2.39. The number of halogens is 1. The normalized spacial score (nSPS) is 22.8. The van der Waals surface area contributed by atoms with Crippen molar-refractivity contribution in [2.24, 2.45) is 11.7 Å². The minimum atomic E-state index is 0.485. The minimum Gasteiger partial charge on any atom is -0.330 e. The summed E-state index contributed by atoms with van der Waals surface area (Å²) < 4.78 is 2.34. The fraction of sp³-hybridized carbons (Fsp3) is 0.588. The zero-order valence-corrected chi connectivity index (χ0v) is 13.4. The fourth-order valence-corrected chi connectivity index (χ4v) is 3.99. The molecule has 0 bridgehead atoms. The third kappa shape index (κ3) is 2.69. The monoisotopic (exact) mass is 305 g/mol. The molecule has 2 unspecified atom stereocenters. The molecule has 21 heavy (non-hydrogen) atoms. The van der Waals surface area contributed by atoms with Crippen molar-refractivity contribution in [2.45, 2.75) is 51.5 Å². The van der Waals surface area contributed by atoms with Crippen LogP contribution in [0.3, 0.4) is 0 Å². The van der Waals surface area contributed by atoms with Gasteiger partial charge in [-0.05, 0) is 43.9 Å². The molecule has 4 heteroatoms. The van der Waals surface area contributed by atoms with Crippen LogP contribution in [-0.2, 0) is 6.54 Å². The number of imidazole rings is 1. The van der Waals surface area contributed by atoms with Gasteiger partial charge in [-0.25, -0.2) is 4.98 Å². The van der Waals surface area contributed by atoms with E-state index in [0.717, 1.165) is 35.6 Å². The van der Waals surface area contributed by atoms with Crippen molar-refractivity contribution in [3.63, 3.8) is 0 Å². The first-order valence-corrected chi connectivity index (χ1v) is 8.48. The van der Waals surface area contributed by atoms with Crippen molar-refractivity contribution in [3.05, 3.63) is 29.0 Å². The Morgan fingerprint density at radius 2 is 2.14 bits per heavy atom. The van der Waals surface area contributed by atoms with Gasteiger partial charge >= 0.3 is 0 Å². The third-order valence-electron chi connectivity index (χ3n) is 4.74. The molecule has 1 aliphatic rings. The molecule has 0 radical (unpaired) electrons. The van der Waals surface area contributed by atoms with Crippen molar-refractivity contribution < 1.29 is 0 Å². The van der Waals surface area contributed by atoms with Crippen LogP contribution in [0.4, 0.5) is 0 Å². The van der Waals surface area contributed by atoms with Crippen LogP contribution in [0.1, 0.15) is 50.8 Å². The standard InChI is InChI=1S/C17H24ClN3/c1-2-10-21-16-14(18)8-5-9-15(16)20-17(21)13-7-4-3-6-12(13)11-19/h5,8-9,12-13H,2-4,6-7,10-11,19H2,1H3. The lowest BCUT2D eigenvalue weighted by Crippen LogP contribution is -2.27. The van der Waals surface area contributed by atoms with Crippen molar-refractivity contribution in [2.75, 3.05) is 6.54 Å². The molecular weight excluding hydrogens is 282 g/mol. The van der Waals surface area contributed by atoms with E-state index >= 15 is 0 Å². The number of hydrogen-bond acceptors (Lipinski definition) is 2. The van der Waals surface area contributed by atoms with E-state index in [-0.39, 0.29) is 0 Å². The third-order valence-corrected chi connectivity index (χ3v) is 5.04. The lowest BCUT2D eigenvalue weighted by molar-refractivity contribution is 0.298. The Labute approximate surface area is 131 Å². The maximum Gasteiger partial charge on any atom is 0.113 e. The summed E-state index contributed by atoms with van der Waals surface area (Å²) in [5.74, 6) is 2.25. The summed E-state index contributed by atoms with van der Waals surface area (Å²) >= 11 is 6.43. The lowest BCUT2D eigenvalue weighted by Gasteiger charge is -2.30. The molecule has 1 aromatic carbocycles. The molecule has 2 atom stereocenters. The van der Waals surface area contributed by atoms with Crippen LogP contribution in [-0.4, -0.2) is 16.1 Å². The van der Waals surface area contributed by atoms with Crippen LogP contribution in [0.15, 0.2) is 18.2 Å². The number of fused-ring (bicyclic) bond motifs is 1. The Kier molecular flexibility index (Phi) is 4.51. The second-order valence-corrected chi connectivity index (χ2v) is 6.52. The summed E-state index contributed by atoms with van der Waals surface area (Å²) in [6, 6.07) is 6.01. The summed E-state index contributed by atoms with van der Waals surface area (Å²) in [6.45, 7) is 3.94. The number of benzene rings is 1. The van der Waals surface area contributed by atoms with Gasteiger partial charge in [0.25, 0.3) is 0 Å². The molecule has 1 heterocycles. The van der Waals surface area contributed by atoms with Gasteiger partial charge in [-0.15, -0.1) is 0 Å². The molecule has 2 aromatic rings. The number of rotatable bonds is 4. The lowest BCUT2D eigenvalue weighted by atomic mass is 9.78. The summed E-state index contributed by atoms with van der Waals surface area (Å²) in [7, 11) is 0. The first-order chi connectivity index (χ1) is 10.3. The van der Waals surface area contributed by atoms with E-state index in [2.05, 4.69) is 17.6 Å². The highest BCUT2D eigenvalue weighted by atomic mass is 35.5. The number of aromatic nitrogens is 2. The Balaban J connectivity index is 2.12. The number of aryl methyl sites for hydroxylation is 1. The second-order valence-electron chi connectivity index (χ2n) is 6.12. The van der Waals surface area contributed by atoms with Gasteiger partial charge < -0.3 is 10.3 Å². The molecule has 2 N–H and O–H groups in total. The number of para-hydroxylation sites is 1. The zero-order valence-electron chi connectivity index (χ0n) is 12.7. The SMILES string of the molecule is CCCn1c(C2CCCCC2CN)nc2cccc(Cl)c21. The number of hydrogen-bond donors (Lipinski definition) is 1. The average molecular weight is 306 g/mol. The van der Waals surface area contributed by atoms with Crippen LogP contribution in [0.25, 0.3) is 11.0 Å². The van der Waals surface area contributed by atoms with E-state index in [1.165, 1.54) is 31.5 Å². The first-order valence-electron chi connectivity index (χ1n) is 8.11. The molecule has 0 spiro atoms. The maximum absolute atomic E-state index is 6.43. The molecule has 1 aliphatic carbocycles. The fourth-order valence-electron chi connectivity index (χ4n) is 3.72. The van der Waals surface area contributed by atoms with Crippen molar-refractivity contribution in [3.8, 4) is 0 Å². The van der Waals surface area contributed by atoms with Gasteiger partial charge in [0.1, 0.15) is 5.82 Å². The van der Waals surface area contributed by atoms with Gasteiger partial charge in [-0.3, -0.25) is 0 Å². The summed E-state index contributed by atoms with van der Waals surface area (Å²) in [6.07, 6.45) is 6.10. The average Bonchev–Trinajstić information content (AvgIpc) is 2.87. The van der Waals surface area contributed by atoms with Crippen LogP contribution >= 0.6 is 11.6 Å². The van der Waals surface area contributed by atoms with Gasteiger partial charge in [0, 0.05) is 12.5 Å². The van der Waals surface area contributed by atoms with E-state index in [4.69, 9.17) is 22.3 Å². The predicted octanol–water partition coefficient (Wildman–Crippen LogP) is 4.33. The van der Waals surface area contributed by atoms with E-state index in [1.807, 2.05) is 12.1 Å². The Morgan fingerprint density at radius 1 is 1.33 bits per heavy atom. The van der Waals surface area contributed by atoms with Crippen LogP contribution in [0, 0.1) is 5.92 Å². The number of nitrogens with two attached hydrogens (primary N) is 1. The van der Waals surface area contributed by atoms with E-state index in [9.17, 15) is 0 Å². The predicted molar refractivity (Wildman–Crippen MR) is 88.8 cm³/mol. The summed E-state index contributed by atoms with van der Waals surface area (Å²) in [4.78, 5) is 4.94. The Hall–Kier alpha value is -1.06. The summed E-state index contributed by atoms with van der Waals surface area (Å²) in [5, 5.41) is 0.805. The van der Waals surface area contributed by atoms with Gasteiger partial charge in [0.2, 0.25) is 0 Å². The molecule has 3 rings (SSSR count). The van der Waals surface area contributed by atoms with Crippen molar-refractivity contribution in [1.29, 1.82) is 0 Å². The van der Waals surface area contributed by atoms with E-state index in [0.29, 0.717) is 11.8 Å². The molecular formula is C17H24ClN3. The summed E-state index contributed by atoms with van der Waals surface area (Å²) in [5.41, 5.74) is 8.13. The van der Waals surface area contributed by atoms with Crippen molar-refractivity contribution >= 4 is 22.6 Å². The molecule has 3 nitrogen and oxygen atoms in total. The Bertz CT molecular complexity index is 620. The molecule has 1 saturated carbocycles. The van der Waals surface area contributed by atoms with Crippen LogP contribution in [0.5, 0.6) is 0 Å². The number of nitrogens with zero attached hydrogens (tertiary/aromatic N) is 2. The molecule has 114 valence electrons. The highest BCUT2D eigenvalue weighted by molar-refractivity contribution is 6.35. The van der Waals surface area contributed by atoms with E-state index < -0.39 is 0 Å². The molecule has 1 fully saturated rings. The minimum absolute atomic E-state index is 0.485.